The topological polar surface area (TPSA) is 92.9 Å². The molecular weight excluding hydrogens is 296 g/mol. The van der Waals surface area contributed by atoms with Gasteiger partial charge >= 0.3 is 11.9 Å². The van der Waals surface area contributed by atoms with E-state index in [2.05, 4.69) is 0 Å². The van der Waals surface area contributed by atoms with E-state index >= 15 is 0 Å². The summed E-state index contributed by atoms with van der Waals surface area (Å²) in [6.45, 7) is 0.393. The van der Waals surface area contributed by atoms with Crippen molar-refractivity contribution in [3.05, 3.63) is 35.9 Å². The Kier molecular flexibility index (Phi) is 7.74. The summed E-state index contributed by atoms with van der Waals surface area (Å²) < 4.78 is 4.96. The second-order valence-corrected chi connectivity index (χ2v) is 4.84. The van der Waals surface area contributed by atoms with Crippen molar-refractivity contribution in [2.45, 2.75) is 25.4 Å². The third-order valence-electron chi connectivity index (χ3n) is 2.83. The zero-order chi connectivity index (χ0) is 15.7. The van der Waals surface area contributed by atoms with E-state index in [1.165, 1.54) is 5.01 Å². The summed E-state index contributed by atoms with van der Waals surface area (Å²) in [7, 11) is 0. The lowest BCUT2D eigenvalue weighted by Gasteiger charge is -2.25. The molecule has 1 aromatic carbocycles. The molecule has 0 aliphatic carbocycles. The average molecular weight is 315 g/mol. The molecule has 6 nitrogen and oxygen atoms in total. The van der Waals surface area contributed by atoms with Gasteiger partial charge < -0.3 is 9.84 Å². The average Bonchev–Trinajstić information content (AvgIpc) is 2.46. The molecule has 0 spiro atoms. The van der Waals surface area contributed by atoms with Crippen LogP contribution >= 0.6 is 11.6 Å². The van der Waals surface area contributed by atoms with E-state index in [1.54, 1.807) is 0 Å². The molecule has 0 saturated heterocycles. The molecule has 1 atom stereocenters. The number of hydrazine groups is 1. The predicted molar refractivity (Wildman–Crippen MR) is 78.5 cm³/mol. The second-order valence-electron chi connectivity index (χ2n) is 4.46. The standard InChI is InChI=1S/C14H19ClN2O4/c15-8-9-21-14(20)12(6-7-13(18)19)17(16)10-11-4-2-1-3-5-11/h1-5,12H,6-10,16H2,(H,18,19)/t12-/m0/s1. The zero-order valence-electron chi connectivity index (χ0n) is 11.6. The molecule has 0 unspecified atom stereocenters. The number of halogens is 1. The van der Waals surface area contributed by atoms with Crippen LogP contribution in [0.4, 0.5) is 0 Å². The van der Waals surface area contributed by atoms with Crippen LogP contribution in [0.25, 0.3) is 0 Å². The highest BCUT2D eigenvalue weighted by Crippen LogP contribution is 2.11. The number of carboxylic acids is 1. The van der Waals surface area contributed by atoms with E-state index in [0.717, 1.165) is 5.56 Å². The molecule has 0 fully saturated rings. The normalized spacial score (nSPS) is 12.1. The number of alkyl halides is 1. The first kappa shape index (κ1) is 17.4. The number of carbonyl (C=O) groups is 2. The van der Waals surface area contributed by atoms with Gasteiger partial charge in [-0.15, -0.1) is 11.6 Å². The molecule has 116 valence electrons. The lowest BCUT2D eigenvalue weighted by molar-refractivity contribution is -0.150. The van der Waals surface area contributed by atoms with Crippen LogP contribution in [-0.4, -0.2) is 40.6 Å². The fourth-order valence-corrected chi connectivity index (χ4v) is 1.90. The first-order valence-corrected chi connectivity index (χ1v) is 7.07. The van der Waals surface area contributed by atoms with Gasteiger partial charge in [0.2, 0.25) is 0 Å². The highest BCUT2D eigenvalue weighted by molar-refractivity contribution is 6.18. The number of nitrogens with two attached hydrogens (primary N) is 1. The number of ether oxygens (including phenoxy) is 1. The van der Waals surface area contributed by atoms with Gasteiger partial charge in [0.15, 0.2) is 0 Å². The highest BCUT2D eigenvalue weighted by atomic mass is 35.5. The summed E-state index contributed by atoms with van der Waals surface area (Å²) in [6.07, 6.45) is -0.0804. The minimum Gasteiger partial charge on any atom is -0.481 e. The van der Waals surface area contributed by atoms with E-state index in [9.17, 15) is 9.59 Å². The quantitative estimate of drug-likeness (QED) is 0.309. The van der Waals surface area contributed by atoms with Crippen LogP contribution < -0.4 is 5.84 Å². The first-order chi connectivity index (χ1) is 10.0. The summed E-state index contributed by atoms with van der Waals surface area (Å²) >= 11 is 5.47. The molecule has 0 radical (unpaired) electrons. The van der Waals surface area contributed by atoms with Crippen LogP contribution in [0.1, 0.15) is 18.4 Å². The molecular formula is C14H19ClN2O4. The van der Waals surface area contributed by atoms with Gasteiger partial charge in [-0.3, -0.25) is 15.4 Å². The Morgan fingerprint density at radius 1 is 1.33 bits per heavy atom. The van der Waals surface area contributed by atoms with Crippen LogP contribution in [0.5, 0.6) is 0 Å². The molecule has 0 aromatic heterocycles. The summed E-state index contributed by atoms with van der Waals surface area (Å²) in [5, 5.41) is 10.1. The summed E-state index contributed by atoms with van der Waals surface area (Å²) in [5.74, 6) is 4.55. The van der Waals surface area contributed by atoms with Gasteiger partial charge in [0, 0.05) is 13.0 Å². The van der Waals surface area contributed by atoms with Gasteiger partial charge in [0.1, 0.15) is 12.6 Å². The fraction of sp³-hybridized carbons (Fsp3) is 0.429. The number of hydrogen-bond donors (Lipinski definition) is 2. The Balaban J connectivity index is 2.68. The van der Waals surface area contributed by atoms with E-state index < -0.39 is 18.0 Å². The maximum Gasteiger partial charge on any atom is 0.324 e. The van der Waals surface area contributed by atoms with E-state index in [1.807, 2.05) is 30.3 Å². The zero-order valence-corrected chi connectivity index (χ0v) is 12.3. The number of carbonyl (C=O) groups excluding carboxylic acids is 1. The molecule has 0 heterocycles. The van der Waals surface area contributed by atoms with Crippen LogP contribution in [0.2, 0.25) is 0 Å². The van der Waals surface area contributed by atoms with Crippen molar-refractivity contribution in [2.75, 3.05) is 12.5 Å². The number of aliphatic carboxylic acids is 1. The molecule has 0 aliphatic rings. The molecule has 7 heteroatoms. The monoisotopic (exact) mass is 314 g/mol. The molecule has 0 saturated carbocycles. The van der Waals surface area contributed by atoms with Gasteiger partial charge in [-0.2, -0.15) is 0 Å². The van der Waals surface area contributed by atoms with Crippen LogP contribution in [-0.2, 0) is 20.9 Å². The molecule has 0 aliphatic heterocycles. The number of esters is 1. The molecule has 3 N–H and O–H groups in total. The second kappa shape index (κ2) is 9.33. The van der Waals surface area contributed by atoms with Gasteiger partial charge in [-0.25, -0.2) is 5.01 Å². The van der Waals surface area contributed by atoms with Crippen LogP contribution in [0.15, 0.2) is 30.3 Å². The lowest BCUT2D eigenvalue weighted by atomic mass is 10.1. The Morgan fingerprint density at radius 3 is 2.57 bits per heavy atom. The van der Waals surface area contributed by atoms with Gasteiger partial charge in [-0.1, -0.05) is 30.3 Å². The van der Waals surface area contributed by atoms with Crippen molar-refractivity contribution in [3.63, 3.8) is 0 Å². The Bertz CT molecular complexity index is 456. The van der Waals surface area contributed by atoms with Gasteiger partial charge in [0.05, 0.1) is 5.88 Å². The van der Waals surface area contributed by atoms with Crippen molar-refractivity contribution in [2.24, 2.45) is 5.84 Å². The van der Waals surface area contributed by atoms with Gasteiger partial charge in [-0.05, 0) is 12.0 Å². The largest absolute Gasteiger partial charge is 0.481 e. The SMILES string of the molecule is NN(Cc1ccccc1)[C@@H](CCC(=O)O)C(=O)OCCCl. The number of nitrogens with zero attached hydrogens (tertiary/aromatic N) is 1. The van der Waals surface area contributed by atoms with E-state index in [-0.39, 0.29) is 25.3 Å². The smallest absolute Gasteiger partial charge is 0.324 e. The maximum absolute atomic E-state index is 12.0. The van der Waals surface area contributed by atoms with Crippen molar-refractivity contribution in [1.82, 2.24) is 5.01 Å². The highest BCUT2D eigenvalue weighted by Gasteiger charge is 2.26. The minimum absolute atomic E-state index is 0.0726. The predicted octanol–water partition coefficient (Wildman–Crippen LogP) is 1.38. The van der Waals surface area contributed by atoms with E-state index in [4.69, 9.17) is 27.3 Å². The van der Waals surface area contributed by atoms with Crippen LogP contribution in [0.3, 0.4) is 0 Å². The van der Waals surface area contributed by atoms with Crippen LogP contribution in [0, 0.1) is 0 Å². The number of carboxylic acid groups (broad SMARTS) is 1. The summed E-state index contributed by atoms with van der Waals surface area (Å²) in [4.78, 5) is 22.6. The van der Waals surface area contributed by atoms with Gasteiger partial charge in [0.25, 0.3) is 0 Å². The van der Waals surface area contributed by atoms with Crippen molar-refractivity contribution >= 4 is 23.5 Å². The van der Waals surface area contributed by atoms with Crippen molar-refractivity contribution < 1.29 is 19.4 Å². The van der Waals surface area contributed by atoms with Crippen molar-refractivity contribution in [1.29, 1.82) is 0 Å². The number of hydrogen-bond acceptors (Lipinski definition) is 5. The Hall–Kier alpha value is -1.63. The molecule has 21 heavy (non-hydrogen) atoms. The molecule has 0 bridgehead atoms. The van der Waals surface area contributed by atoms with Crippen molar-refractivity contribution in [3.8, 4) is 0 Å². The summed E-state index contributed by atoms with van der Waals surface area (Å²) in [5.41, 5.74) is 0.922. The Labute approximate surface area is 128 Å². The third-order valence-corrected chi connectivity index (χ3v) is 2.99. The molecule has 1 rings (SSSR count). The number of benzene rings is 1. The summed E-state index contributed by atoms with van der Waals surface area (Å²) in [6, 6.07) is 8.53. The first-order valence-electron chi connectivity index (χ1n) is 6.54. The molecule has 0 amide bonds. The maximum atomic E-state index is 12.0. The lowest BCUT2D eigenvalue weighted by Crippen LogP contribution is -2.46. The minimum atomic E-state index is -0.988. The van der Waals surface area contributed by atoms with E-state index in [0.29, 0.717) is 6.54 Å². The fourth-order valence-electron chi connectivity index (χ4n) is 1.82. The Morgan fingerprint density at radius 2 is 2.00 bits per heavy atom. The number of rotatable bonds is 9. The molecule has 1 aromatic rings. The third kappa shape index (κ3) is 6.57.